The standard InChI is InChI=1S/C14H18O3/c1-5-17-14(15)9-7-12-6-8-13(16-4)11(3)10(12)2/h6-9H,5H2,1-4H3/b9-7+. The lowest BCUT2D eigenvalue weighted by molar-refractivity contribution is -0.137. The minimum absolute atomic E-state index is 0.319. The second kappa shape index (κ2) is 6.09. The van der Waals surface area contributed by atoms with Crippen LogP contribution >= 0.6 is 0 Å². The Morgan fingerprint density at radius 2 is 2.00 bits per heavy atom. The third-order valence-electron chi connectivity index (χ3n) is 2.68. The summed E-state index contributed by atoms with van der Waals surface area (Å²) in [5, 5.41) is 0. The Morgan fingerprint density at radius 3 is 2.59 bits per heavy atom. The molecule has 0 spiro atoms. The Kier molecular flexibility index (Phi) is 4.76. The summed E-state index contributed by atoms with van der Waals surface area (Å²) in [6.07, 6.45) is 3.21. The van der Waals surface area contributed by atoms with Crippen molar-refractivity contribution in [2.75, 3.05) is 13.7 Å². The molecule has 3 nitrogen and oxygen atoms in total. The summed E-state index contributed by atoms with van der Waals surface area (Å²) in [6.45, 7) is 6.18. The number of carbonyl (C=O) groups excluding carboxylic acids is 1. The van der Waals surface area contributed by atoms with Crippen molar-refractivity contribution in [2.45, 2.75) is 20.8 Å². The first-order valence-corrected chi connectivity index (χ1v) is 5.59. The third-order valence-corrected chi connectivity index (χ3v) is 2.68. The van der Waals surface area contributed by atoms with Crippen molar-refractivity contribution in [3.8, 4) is 5.75 Å². The van der Waals surface area contributed by atoms with Crippen molar-refractivity contribution in [3.63, 3.8) is 0 Å². The van der Waals surface area contributed by atoms with Gasteiger partial charge in [-0.15, -0.1) is 0 Å². The highest BCUT2D eigenvalue weighted by molar-refractivity contribution is 5.87. The molecule has 0 atom stereocenters. The SMILES string of the molecule is CCOC(=O)/C=C/c1ccc(OC)c(C)c1C. The van der Waals surface area contributed by atoms with Gasteiger partial charge >= 0.3 is 5.97 Å². The minimum Gasteiger partial charge on any atom is -0.496 e. The van der Waals surface area contributed by atoms with Crippen LogP contribution in [-0.4, -0.2) is 19.7 Å². The molecular weight excluding hydrogens is 216 g/mol. The second-order valence-electron chi connectivity index (χ2n) is 3.69. The smallest absolute Gasteiger partial charge is 0.330 e. The maximum atomic E-state index is 11.2. The van der Waals surface area contributed by atoms with Crippen molar-refractivity contribution < 1.29 is 14.3 Å². The van der Waals surface area contributed by atoms with Crippen LogP contribution in [0.25, 0.3) is 6.08 Å². The second-order valence-corrected chi connectivity index (χ2v) is 3.69. The van der Waals surface area contributed by atoms with Crippen molar-refractivity contribution in [3.05, 3.63) is 34.9 Å². The lowest BCUT2D eigenvalue weighted by atomic mass is 10.0. The van der Waals surface area contributed by atoms with Gasteiger partial charge in [0.05, 0.1) is 13.7 Å². The van der Waals surface area contributed by atoms with Gasteiger partial charge in [-0.25, -0.2) is 4.79 Å². The molecule has 17 heavy (non-hydrogen) atoms. The van der Waals surface area contributed by atoms with Crippen LogP contribution < -0.4 is 4.74 Å². The molecule has 0 N–H and O–H groups in total. The van der Waals surface area contributed by atoms with E-state index in [2.05, 4.69) is 0 Å². The molecule has 1 aromatic rings. The molecule has 92 valence electrons. The van der Waals surface area contributed by atoms with Crippen LogP contribution in [0.15, 0.2) is 18.2 Å². The van der Waals surface area contributed by atoms with Crippen LogP contribution in [0.5, 0.6) is 5.75 Å². The molecule has 0 saturated heterocycles. The van der Waals surface area contributed by atoms with Crippen LogP contribution in [0.1, 0.15) is 23.6 Å². The zero-order valence-electron chi connectivity index (χ0n) is 10.7. The van der Waals surface area contributed by atoms with Gasteiger partial charge < -0.3 is 9.47 Å². The molecule has 3 heteroatoms. The Balaban J connectivity index is 2.93. The molecule has 0 aliphatic rings. The lowest BCUT2D eigenvalue weighted by Gasteiger charge is -2.09. The maximum Gasteiger partial charge on any atom is 0.330 e. The molecule has 0 aliphatic heterocycles. The molecular formula is C14H18O3. The zero-order valence-corrected chi connectivity index (χ0v) is 10.7. The normalized spacial score (nSPS) is 10.6. The number of carbonyl (C=O) groups is 1. The highest BCUT2D eigenvalue weighted by Crippen LogP contribution is 2.24. The van der Waals surface area contributed by atoms with Crippen LogP contribution in [-0.2, 0) is 9.53 Å². The number of hydrogen-bond donors (Lipinski definition) is 0. The molecule has 0 radical (unpaired) electrons. The van der Waals surface area contributed by atoms with Crippen molar-refractivity contribution in [2.24, 2.45) is 0 Å². The predicted octanol–water partition coefficient (Wildman–Crippen LogP) is 2.89. The average molecular weight is 234 g/mol. The van der Waals surface area contributed by atoms with E-state index in [-0.39, 0.29) is 5.97 Å². The number of hydrogen-bond acceptors (Lipinski definition) is 3. The van der Waals surface area contributed by atoms with Gasteiger partial charge in [-0.3, -0.25) is 0 Å². The maximum absolute atomic E-state index is 11.2. The van der Waals surface area contributed by atoms with Gasteiger partial charge in [-0.2, -0.15) is 0 Å². The van der Waals surface area contributed by atoms with Crippen LogP contribution in [0.4, 0.5) is 0 Å². The molecule has 1 aromatic carbocycles. The summed E-state index contributed by atoms with van der Waals surface area (Å²) in [7, 11) is 1.65. The number of esters is 1. The monoisotopic (exact) mass is 234 g/mol. The van der Waals surface area contributed by atoms with Gasteiger partial charge in [0.25, 0.3) is 0 Å². The summed E-state index contributed by atoms with van der Waals surface area (Å²) in [5.41, 5.74) is 3.18. The van der Waals surface area contributed by atoms with E-state index < -0.39 is 0 Å². The molecule has 0 aliphatic carbocycles. The third kappa shape index (κ3) is 3.34. The fourth-order valence-corrected chi connectivity index (χ4v) is 1.57. The van der Waals surface area contributed by atoms with Crippen molar-refractivity contribution in [1.29, 1.82) is 0 Å². The van der Waals surface area contributed by atoms with E-state index in [4.69, 9.17) is 9.47 Å². The quantitative estimate of drug-likeness (QED) is 0.593. The Labute approximate surface area is 102 Å². The van der Waals surface area contributed by atoms with Gasteiger partial charge in [0.15, 0.2) is 0 Å². The summed E-state index contributed by atoms with van der Waals surface area (Å²) < 4.78 is 10.1. The number of benzene rings is 1. The molecule has 0 heterocycles. The molecule has 0 unspecified atom stereocenters. The molecule has 0 saturated carbocycles. The van der Waals surface area contributed by atoms with E-state index in [0.29, 0.717) is 6.61 Å². The zero-order chi connectivity index (χ0) is 12.8. The Hall–Kier alpha value is -1.77. The number of rotatable bonds is 4. The Morgan fingerprint density at radius 1 is 1.29 bits per heavy atom. The molecule has 0 amide bonds. The van der Waals surface area contributed by atoms with Crippen molar-refractivity contribution in [1.82, 2.24) is 0 Å². The predicted molar refractivity (Wildman–Crippen MR) is 68.1 cm³/mol. The van der Waals surface area contributed by atoms with E-state index >= 15 is 0 Å². The van der Waals surface area contributed by atoms with Crippen LogP contribution in [0.2, 0.25) is 0 Å². The first-order valence-electron chi connectivity index (χ1n) is 5.59. The summed E-state index contributed by atoms with van der Waals surface area (Å²) in [4.78, 5) is 11.2. The highest BCUT2D eigenvalue weighted by Gasteiger charge is 2.04. The Bertz CT molecular complexity index is 433. The van der Waals surface area contributed by atoms with Crippen LogP contribution in [0, 0.1) is 13.8 Å². The first kappa shape index (κ1) is 13.3. The van der Waals surface area contributed by atoms with Gasteiger partial charge in [-0.1, -0.05) is 6.07 Å². The highest BCUT2D eigenvalue weighted by atomic mass is 16.5. The molecule has 0 bridgehead atoms. The number of methoxy groups -OCH3 is 1. The topological polar surface area (TPSA) is 35.5 Å². The first-order chi connectivity index (χ1) is 8.10. The van der Waals surface area contributed by atoms with E-state index in [1.54, 1.807) is 20.1 Å². The van der Waals surface area contributed by atoms with Gasteiger partial charge in [0.1, 0.15) is 5.75 Å². The molecule has 1 rings (SSSR count). The van der Waals surface area contributed by atoms with E-state index in [1.807, 2.05) is 26.0 Å². The van der Waals surface area contributed by atoms with Gasteiger partial charge in [0, 0.05) is 6.08 Å². The largest absolute Gasteiger partial charge is 0.496 e. The molecule has 0 fully saturated rings. The van der Waals surface area contributed by atoms with E-state index in [1.165, 1.54) is 6.08 Å². The molecule has 0 aromatic heterocycles. The van der Waals surface area contributed by atoms with E-state index in [9.17, 15) is 4.79 Å². The minimum atomic E-state index is -0.319. The van der Waals surface area contributed by atoms with E-state index in [0.717, 1.165) is 22.4 Å². The van der Waals surface area contributed by atoms with Gasteiger partial charge in [-0.05, 0) is 49.6 Å². The van der Waals surface area contributed by atoms with Crippen LogP contribution in [0.3, 0.4) is 0 Å². The van der Waals surface area contributed by atoms with Gasteiger partial charge in [0.2, 0.25) is 0 Å². The average Bonchev–Trinajstić information content (AvgIpc) is 2.31. The van der Waals surface area contributed by atoms with Crippen molar-refractivity contribution >= 4 is 12.0 Å². The summed E-state index contributed by atoms with van der Waals surface area (Å²) in [6, 6.07) is 3.82. The number of ether oxygens (including phenoxy) is 2. The summed E-state index contributed by atoms with van der Waals surface area (Å²) >= 11 is 0. The fraction of sp³-hybridized carbons (Fsp3) is 0.357. The fourth-order valence-electron chi connectivity index (χ4n) is 1.57. The lowest BCUT2D eigenvalue weighted by Crippen LogP contribution is -1.99. The summed E-state index contributed by atoms with van der Waals surface area (Å²) in [5.74, 6) is 0.538.